The van der Waals surface area contributed by atoms with E-state index in [2.05, 4.69) is 11.1 Å². The number of hydrogen-bond acceptors (Lipinski definition) is 4. The van der Waals surface area contributed by atoms with Gasteiger partial charge in [0.2, 0.25) is 0 Å². The standard InChI is InChI=1S/C13H17BN2O2/c1-9-10(8-15)6-7-16-11(9)14-17-12(2,3)13(4,5)18-14/h6-7H,1-5H3. The van der Waals surface area contributed by atoms with Crippen LogP contribution in [0.3, 0.4) is 0 Å². The lowest BCUT2D eigenvalue weighted by molar-refractivity contribution is 0.00578. The van der Waals surface area contributed by atoms with E-state index in [1.54, 1.807) is 12.3 Å². The summed E-state index contributed by atoms with van der Waals surface area (Å²) in [5.74, 6) is 0. The summed E-state index contributed by atoms with van der Waals surface area (Å²) in [4.78, 5) is 4.30. The van der Waals surface area contributed by atoms with Crippen LogP contribution >= 0.6 is 0 Å². The Morgan fingerprint density at radius 2 is 1.78 bits per heavy atom. The van der Waals surface area contributed by atoms with E-state index in [1.165, 1.54) is 0 Å². The van der Waals surface area contributed by atoms with Crippen LogP contribution in [0, 0.1) is 18.3 Å². The maximum absolute atomic E-state index is 9.03. The van der Waals surface area contributed by atoms with Gasteiger partial charge in [-0.15, -0.1) is 0 Å². The summed E-state index contributed by atoms with van der Waals surface area (Å²) in [7, 11) is -0.511. The van der Waals surface area contributed by atoms with Crippen LogP contribution in [0.15, 0.2) is 12.3 Å². The topological polar surface area (TPSA) is 55.1 Å². The van der Waals surface area contributed by atoms with E-state index in [0.29, 0.717) is 11.2 Å². The first-order valence-corrected chi connectivity index (χ1v) is 6.00. The molecule has 0 radical (unpaired) electrons. The molecule has 5 heteroatoms. The number of hydrogen-bond donors (Lipinski definition) is 0. The molecule has 0 aliphatic carbocycles. The molecule has 0 N–H and O–H groups in total. The molecule has 0 atom stereocenters. The van der Waals surface area contributed by atoms with Crippen molar-refractivity contribution >= 4 is 12.7 Å². The quantitative estimate of drug-likeness (QED) is 0.703. The molecule has 2 rings (SSSR count). The van der Waals surface area contributed by atoms with E-state index < -0.39 is 18.3 Å². The van der Waals surface area contributed by atoms with Gasteiger partial charge in [-0.2, -0.15) is 5.26 Å². The third-order valence-corrected chi connectivity index (χ3v) is 3.84. The van der Waals surface area contributed by atoms with Crippen LogP contribution in [0.2, 0.25) is 0 Å². The van der Waals surface area contributed by atoms with Crippen molar-refractivity contribution in [3.63, 3.8) is 0 Å². The number of nitriles is 1. The van der Waals surface area contributed by atoms with Gasteiger partial charge >= 0.3 is 7.12 Å². The van der Waals surface area contributed by atoms with Crippen LogP contribution in [-0.2, 0) is 9.31 Å². The summed E-state index contributed by atoms with van der Waals surface area (Å²) in [6, 6.07) is 3.85. The minimum absolute atomic E-state index is 0.394. The van der Waals surface area contributed by atoms with Gasteiger partial charge in [0.25, 0.3) is 0 Å². The first-order chi connectivity index (χ1) is 8.28. The number of aromatic nitrogens is 1. The maximum Gasteiger partial charge on any atom is 0.514 e. The van der Waals surface area contributed by atoms with Gasteiger partial charge in [0, 0.05) is 6.20 Å². The molecule has 1 aliphatic heterocycles. The molecule has 1 aromatic rings. The van der Waals surface area contributed by atoms with E-state index in [4.69, 9.17) is 14.6 Å². The molecule has 0 bridgehead atoms. The third-order valence-electron chi connectivity index (χ3n) is 3.84. The smallest absolute Gasteiger partial charge is 0.398 e. The summed E-state index contributed by atoms with van der Waals surface area (Å²) in [5, 5.41) is 9.03. The van der Waals surface area contributed by atoms with Crippen LogP contribution in [0.4, 0.5) is 0 Å². The van der Waals surface area contributed by atoms with Gasteiger partial charge in [-0.25, -0.2) is 0 Å². The molecule has 0 unspecified atom stereocenters. The lowest BCUT2D eigenvalue weighted by Gasteiger charge is -2.32. The molecule has 0 saturated carbocycles. The summed E-state index contributed by atoms with van der Waals surface area (Å²) < 4.78 is 11.9. The van der Waals surface area contributed by atoms with Gasteiger partial charge in [-0.1, -0.05) is 0 Å². The van der Waals surface area contributed by atoms with Gasteiger partial charge in [0.15, 0.2) is 0 Å². The fourth-order valence-electron chi connectivity index (χ4n) is 1.87. The van der Waals surface area contributed by atoms with Crippen LogP contribution in [0.25, 0.3) is 0 Å². The number of nitrogens with zero attached hydrogens (tertiary/aromatic N) is 2. The van der Waals surface area contributed by atoms with Crippen molar-refractivity contribution in [3.8, 4) is 6.07 Å². The SMILES string of the molecule is Cc1c(C#N)ccnc1B1OC(C)(C)C(C)(C)O1. The van der Waals surface area contributed by atoms with Crippen molar-refractivity contribution in [1.29, 1.82) is 5.26 Å². The highest BCUT2D eigenvalue weighted by molar-refractivity contribution is 6.61. The molecule has 0 amide bonds. The van der Waals surface area contributed by atoms with E-state index >= 15 is 0 Å². The van der Waals surface area contributed by atoms with Crippen molar-refractivity contribution in [2.45, 2.75) is 45.8 Å². The first-order valence-electron chi connectivity index (χ1n) is 6.00. The zero-order valence-corrected chi connectivity index (χ0v) is 11.4. The highest BCUT2D eigenvalue weighted by Gasteiger charge is 2.52. The Balaban J connectivity index is 2.39. The van der Waals surface area contributed by atoms with Crippen LogP contribution in [0.1, 0.15) is 38.8 Å². The molecule has 94 valence electrons. The second-order valence-electron chi connectivity index (χ2n) is 5.57. The zero-order valence-electron chi connectivity index (χ0n) is 11.4. The molecule has 1 fully saturated rings. The predicted octanol–water partition coefficient (Wildman–Crippen LogP) is 1.56. The Morgan fingerprint density at radius 1 is 1.22 bits per heavy atom. The summed E-state index contributed by atoms with van der Waals surface area (Å²) in [5.41, 5.74) is 1.32. The van der Waals surface area contributed by atoms with Gasteiger partial charge in [0.1, 0.15) is 0 Å². The van der Waals surface area contributed by atoms with Gasteiger partial charge < -0.3 is 9.31 Å². The van der Waals surface area contributed by atoms with Crippen LogP contribution in [0.5, 0.6) is 0 Å². The fraction of sp³-hybridized carbons (Fsp3) is 0.538. The second-order valence-corrected chi connectivity index (χ2v) is 5.57. The van der Waals surface area contributed by atoms with E-state index in [-0.39, 0.29) is 0 Å². The Hall–Kier alpha value is -1.38. The van der Waals surface area contributed by atoms with Crippen molar-refractivity contribution in [2.24, 2.45) is 0 Å². The minimum atomic E-state index is -0.511. The highest BCUT2D eigenvalue weighted by atomic mass is 16.7. The van der Waals surface area contributed by atoms with Crippen molar-refractivity contribution in [1.82, 2.24) is 4.98 Å². The van der Waals surface area contributed by atoms with Crippen LogP contribution in [-0.4, -0.2) is 23.3 Å². The van der Waals surface area contributed by atoms with Gasteiger partial charge in [-0.3, -0.25) is 4.98 Å². The summed E-state index contributed by atoms with van der Waals surface area (Å²) >= 11 is 0. The molecule has 1 saturated heterocycles. The fourth-order valence-corrected chi connectivity index (χ4v) is 1.87. The van der Waals surface area contributed by atoms with Crippen LogP contribution < -0.4 is 5.59 Å². The molecule has 0 spiro atoms. The van der Waals surface area contributed by atoms with E-state index in [0.717, 1.165) is 5.56 Å². The van der Waals surface area contributed by atoms with Crippen molar-refractivity contribution in [3.05, 3.63) is 23.4 Å². The molecular formula is C13H17BN2O2. The molecule has 4 nitrogen and oxygen atoms in total. The van der Waals surface area contributed by atoms with E-state index in [9.17, 15) is 0 Å². The number of rotatable bonds is 1. The minimum Gasteiger partial charge on any atom is -0.398 e. The average Bonchev–Trinajstić information content (AvgIpc) is 2.48. The lowest BCUT2D eigenvalue weighted by atomic mass is 9.80. The average molecular weight is 244 g/mol. The monoisotopic (exact) mass is 244 g/mol. The van der Waals surface area contributed by atoms with E-state index in [1.807, 2.05) is 34.6 Å². The predicted molar refractivity (Wildman–Crippen MR) is 69.4 cm³/mol. The van der Waals surface area contributed by atoms with Crippen molar-refractivity contribution in [2.75, 3.05) is 0 Å². The molecule has 1 aromatic heterocycles. The van der Waals surface area contributed by atoms with Gasteiger partial charge in [0.05, 0.1) is 28.4 Å². The Bertz CT molecular complexity index is 504. The third kappa shape index (κ3) is 1.92. The Labute approximate surface area is 108 Å². The maximum atomic E-state index is 9.03. The molecule has 2 heterocycles. The Kier molecular flexibility index (Phi) is 2.96. The zero-order chi connectivity index (χ0) is 13.6. The molecule has 1 aliphatic rings. The Morgan fingerprint density at radius 3 is 2.28 bits per heavy atom. The number of pyridine rings is 1. The summed E-state index contributed by atoms with van der Waals surface area (Å²) in [6.45, 7) is 9.85. The summed E-state index contributed by atoms with van der Waals surface area (Å²) in [6.07, 6.45) is 1.62. The molecular weight excluding hydrogens is 227 g/mol. The van der Waals surface area contributed by atoms with Crippen molar-refractivity contribution < 1.29 is 9.31 Å². The normalized spacial score (nSPS) is 20.8. The molecule has 18 heavy (non-hydrogen) atoms. The largest absolute Gasteiger partial charge is 0.514 e. The lowest BCUT2D eigenvalue weighted by Crippen LogP contribution is -2.41. The first kappa shape index (κ1) is 13.1. The van der Waals surface area contributed by atoms with Gasteiger partial charge in [-0.05, 0) is 46.2 Å². The molecule has 0 aromatic carbocycles. The highest BCUT2D eigenvalue weighted by Crippen LogP contribution is 2.36. The second kappa shape index (κ2) is 4.08.